The maximum absolute atomic E-state index is 12.0. The molecule has 0 unspecified atom stereocenters. The SMILES string of the molecule is C=CCn1c(O)c(C=C2N=c3ccccc3=N2)c(=O)[nH]c1=S. The van der Waals surface area contributed by atoms with Gasteiger partial charge in [-0.05, 0) is 24.4 Å². The quantitative estimate of drug-likeness (QED) is 0.656. The molecule has 6 nitrogen and oxygen atoms in total. The molecule has 0 fully saturated rings. The van der Waals surface area contributed by atoms with Crippen LogP contribution in [-0.4, -0.2) is 14.7 Å². The number of rotatable bonds is 3. The zero-order chi connectivity index (χ0) is 15.7. The van der Waals surface area contributed by atoms with Crippen molar-refractivity contribution in [3.8, 4) is 5.88 Å². The molecule has 1 aromatic heterocycles. The van der Waals surface area contributed by atoms with Crippen molar-refractivity contribution in [1.82, 2.24) is 9.55 Å². The summed E-state index contributed by atoms with van der Waals surface area (Å²) in [5.74, 6) is 0.117. The molecule has 3 rings (SSSR count). The van der Waals surface area contributed by atoms with Gasteiger partial charge in [0, 0.05) is 12.6 Å². The number of aromatic hydroxyl groups is 1. The van der Waals surface area contributed by atoms with Crippen LogP contribution in [0.25, 0.3) is 6.08 Å². The lowest BCUT2D eigenvalue weighted by Gasteiger charge is -2.08. The molecule has 0 saturated carbocycles. The summed E-state index contributed by atoms with van der Waals surface area (Å²) in [6.07, 6.45) is 3.01. The third-order valence-electron chi connectivity index (χ3n) is 3.14. The fourth-order valence-electron chi connectivity index (χ4n) is 2.12. The Morgan fingerprint density at radius 3 is 2.55 bits per heavy atom. The number of para-hydroxylation sites is 2. The van der Waals surface area contributed by atoms with E-state index in [1.54, 1.807) is 6.08 Å². The van der Waals surface area contributed by atoms with Crippen LogP contribution < -0.4 is 16.3 Å². The second-order valence-electron chi connectivity index (χ2n) is 4.61. The molecule has 1 aromatic carbocycles. The zero-order valence-corrected chi connectivity index (χ0v) is 12.3. The summed E-state index contributed by atoms with van der Waals surface area (Å²) in [5.41, 5.74) is -0.428. The number of nitrogens with one attached hydrogen (secondary N) is 1. The summed E-state index contributed by atoms with van der Waals surface area (Å²) in [4.78, 5) is 23.1. The molecule has 0 saturated heterocycles. The summed E-state index contributed by atoms with van der Waals surface area (Å²) in [7, 11) is 0. The number of allylic oxidation sites excluding steroid dienone is 1. The molecular weight excluding hydrogens is 300 g/mol. The fourth-order valence-corrected chi connectivity index (χ4v) is 2.38. The monoisotopic (exact) mass is 312 g/mol. The first-order valence-electron chi connectivity index (χ1n) is 6.51. The first-order valence-corrected chi connectivity index (χ1v) is 6.92. The van der Waals surface area contributed by atoms with Gasteiger partial charge >= 0.3 is 0 Å². The maximum atomic E-state index is 12.0. The standard InChI is InChI=1S/C15H12N4O2S/c1-2-7-19-14(21)9(13(20)18-15(19)22)8-12-16-10-5-3-4-6-11(10)17-12/h2-6,8,21H,1,7H2,(H,18,20,22). The van der Waals surface area contributed by atoms with Crippen molar-refractivity contribution in [2.75, 3.05) is 0 Å². The Hall–Kier alpha value is -2.80. The molecular formula is C15H12N4O2S. The molecule has 0 amide bonds. The van der Waals surface area contributed by atoms with Gasteiger partial charge in [0.25, 0.3) is 5.56 Å². The minimum absolute atomic E-state index is 0.0609. The second-order valence-corrected chi connectivity index (χ2v) is 5.00. The number of H-pyrrole nitrogens is 1. The largest absolute Gasteiger partial charge is 0.494 e. The van der Waals surface area contributed by atoms with Crippen molar-refractivity contribution in [1.29, 1.82) is 0 Å². The molecule has 0 spiro atoms. The van der Waals surface area contributed by atoms with Gasteiger partial charge in [-0.3, -0.25) is 14.3 Å². The average molecular weight is 312 g/mol. The zero-order valence-electron chi connectivity index (χ0n) is 11.5. The molecule has 1 aliphatic heterocycles. The Bertz CT molecular complexity index is 994. The van der Waals surface area contributed by atoms with Crippen LogP contribution >= 0.6 is 12.2 Å². The molecule has 110 valence electrons. The summed E-state index contributed by atoms with van der Waals surface area (Å²) in [6, 6.07) is 7.37. The molecule has 0 radical (unpaired) electrons. The number of aromatic amines is 1. The lowest BCUT2D eigenvalue weighted by molar-refractivity contribution is 0.412. The summed E-state index contributed by atoms with van der Waals surface area (Å²) in [5, 5.41) is 11.7. The van der Waals surface area contributed by atoms with Gasteiger partial charge < -0.3 is 5.11 Å². The van der Waals surface area contributed by atoms with Gasteiger partial charge in [-0.1, -0.05) is 18.2 Å². The Labute approximate surface area is 130 Å². The molecule has 1 aliphatic rings. The number of benzene rings is 1. The number of hydrogen-bond donors (Lipinski definition) is 2. The highest BCUT2D eigenvalue weighted by Gasteiger charge is 2.12. The minimum Gasteiger partial charge on any atom is -0.494 e. The van der Waals surface area contributed by atoms with E-state index in [2.05, 4.69) is 21.5 Å². The van der Waals surface area contributed by atoms with E-state index in [0.29, 0.717) is 5.82 Å². The number of hydrogen-bond acceptors (Lipinski definition) is 5. The Balaban J connectivity index is 2.19. The van der Waals surface area contributed by atoms with Crippen LogP contribution in [0, 0.1) is 4.77 Å². The third-order valence-corrected chi connectivity index (χ3v) is 3.47. The fraction of sp³-hybridized carbons (Fsp3) is 0.0667. The molecule has 0 aliphatic carbocycles. The average Bonchev–Trinajstić information content (AvgIpc) is 2.90. The van der Waals surface area contributed by atoms with Gasteiger partial charge in [0.05, 0.1) is 10.7 Å². The van der Waals surface area contributed by atoms with Gasteiger partial charge in [0.1, 0.15) is 5.56 Å². The van der Waals surface area contributed by atoms with E-state index in [0.717, 1.165) is 10.7 Å². The number of aromatic nitrogens is 2. The predicted octanol–water partition coefficient (Wildman–Crippen LogP) is 1.05. The molecule has 7 heteroatoms. The van der Waals surface area contributed by atoms with Crippen molar-refractivity contribution in [3.05, 3.63) is 74.1 Å². The van der Waals surface area contributed by atoms with Crippen molar-refractivity contribution in [2.45, 2.75) is 6.54 Å². The summed E-state index contributed by atoms with van der Waals surface area (Å²) < 4.78 is 1.51. The lowest BCUT2D eigenvalue weighted by Crippen LogP contribution is -2.19. The minimum atomic E-state index is -0.489. The molecule has 0 bridgehead atoms. The number of fused-ring (bicyclic) bond motifs is 1. The van der Waals surface area contributed by atoms with Crippen molar-refractivity contribution in [2.24, 2.45) is 9.98 Å². The van der Waals surface area contributed by atoms with E-state index in [1.165, 1.54) is 10.6 Å². The Morgan fingerprint density at radius 2 is 1.95 bits per heavy atom. The first kappa shape index (κ1) is 14.2. The van der Waals surface area contributed by atoms with E-state index >= 15 is 0 Å². The predicted molar refractivity (Wildman–Crippen MR) is 84.5 cm³/mol. The van der Waals surface area contributed by atoms with Gasteiger partial charge in [0.2, 0.25) is 5.88 Å². The van der Waals surface area contributed by atoms with E-state index in [1.807, 2.05) is 24.3 Å². The number of nitrogens with zero attached hydrogens (tertiary/aromatic N) is 3. The van der Waals surface area contributed by atoms with Crippen molar-refractivity contribution >= 4 is 18.3 Å². The van der Waals surface area contributed by atoms with Gasteiger partial charge in [-0.2, -0.15) is 0 Å². The van der Waals surface area contributed by atoms with Crippen LogP contribution in [0.4, 0.5) is 0 Å². The smallest absolute Gasteiger partial charge is 0.262 e. The van der Waals surface area contributed by atoms with E-state index in [-0.39, 0.29) is 22.8 Å². The van der Waals surface area contributed by atoms with Crippen LogP contribution in [0.15, 0.2) is 57.5 Å². The highest BCUT2D eigenvalue weighted by molar-refractivity contribution is 7.71. The van der Waals surface area contributed by atoms with E-state index < -0.39 is 5.56 Å². The highest BCUT2D eigenvalue weighted by atomic mass is 32.1. The van der Waals surface area contributed by atoms with E-state index in [9.17, 15) is 9.90 Å². The van der Waals surface area contributed by atoms with Crippen LogP contribution in [0.5, 0.6) is 5.88 Å². The topological polar surface area (TPSA) is 82.7 Å². The molecule has 22 heavy (non-hydrogen) atoms. The third kappa shape index (κ3) is 2.42. The summed E-state index contributed by atoms with van der Waals surface area (Å²) >= 11 is 5.02. The van der Waals surface area contributed by atoms with Crippen molar-refractivity contribution < 1.29 is 5.11 Å². The van der Waals surface area contributed by atoms with Crippen LogP contribution in [0.3, 0.4) is 0 Å². The molecule has 2 heterocycles. The first-order chi connectivity index (χ1) is 10.6. The van der Waals surface area contributed by atoms with Gasteiger partial charge in [0.15, 0.2) is 10.6 Å². The Morgan fingerprint density at radius 1 is 1.32 bits per heavy atom. The molecule has 2 N–H and O–H groups in total. The second kappa shape index (κ2) is 5.53. The molecule has 0 atom stereocenters. The summed E-state index contributed by atoms with van der Waals surface area (Å²) in [6.45, 7) is 3.88. The van der Waals surface area contributed by atoms with Crippen molar-refractivity contribution in [3.63, 3.8) is 0 Å². The van der Waals surface area contributed by atoms with Crippen LogP contribution in [-0.2, 0) is 6.54 Å². The maximum Gasteiger partial charge on any atom is 0.262 e. The normalized spacial score (nSPS) is 12.3. The highest BCUT2D eigenvalue weighted by Crippen LogP contribution is 2.17. The molecule has 2 aromatic rings. The van der Waals surface area contributed by atoms with Gasteiger partial charge in [-0.15, -0.1) is 6.58 Å². The van der Waals surface area contributed by atoms with Crippen LogP contribution in [0.2, 0.25) is 0 Å². The van der Waals surface area contributed by atoms with Crippen LogP contribution in [0.1, 0.15) is 5.56 Å². The Kier molecular flexibility index (Phi) is 3.56. The van der Waals surface area contributed by atoms with Gasteiger partial charge in [-0.25, -0.2) is 9.98 Å². The van der Waals surface area contributed by atoms with E-state index in [4.69, 9.17) is 12.2 Å². The lowest BCUT2D eigenvalue weighted by atomic mass is 10.3.